The number of thiophene rings is 1. The molecule has 1 rings (SSSR count). The third kappa shape index (κ3) is 2.80. The Bertz CT molecular complexity index is 270. The third-order valence-electron chi connectivity index (χ3n) is 2.66. The van der Waals surface area contributed by atoms with Crippen molar-refractivity contribution in [3.05, 3.63) is 21.9 Å². The molecule has 2 N–H and O–H groups in total. The standard InChI is InChI=1S/C11H20N2S/c1-9-5-8-14-11(9)10(2)13(3)7-4-6-12/h5,8,10H,4,6-7,12H2,1-3H3. The van der Waals surface area contributed by atoms with Crippen LogP contribution in [0.15, 0.2) is 11.4 Å². The Morgan fingerprint density at radius 2 is 2.29 bits per heavy atom. The van der Waals surface area contributed by atoms with Crippen molar-refractivity contribution >= 4 is 11.3 Å². The first-order chi connectivity index (χ1) is 6.66. The van der Waals surface area contributed by atoms with Gasteiger partial charge < -0.3 is 5.73 Å². The van der Waals surface area contributed by atoms with E-state index in [9.17, 15) is 0 Å². The van der Waals surface area contributed by atoms with E-state index in [1.165, 1.54) is 10.4 Å². The normalized spacial score (nSPS) is 13.5. The second-order valence-electron chi connectivity index (χ2n) is 3.77. The molecule has 0 spiro atoms. The summed E-state index contributed by atoms with van der Waals surface area (Å²) < 4.78 is 0. The van der Waals surface area contributed by atoms with E-state index in [4.69, 9.17) is 5.73 Å². The molecule has 0 saturated carbocycles. The largest absolute Gasteiger partial charge is 0.330 e. The lowest BCUT2D eigenvalue weighted by atomic mass is 10.1. The van der Waals surface area contributed by atoms with Gasteiger partial charge in [0.25, 0.3) is 0 Å². The number of aryl methyl sites for hydroxylation is 1. The lowest BCUT2D eigenvalue weighted by Crippen LogP contribution is -2.24. The Morgan fingerprint density at radius 1 is 1.57 bits per heavy atom. The highest BCUT2D eigenvalue weighted by Gasteiger charge is 2.13. The quantitative estimate of drug-likeness (QED) is 0.812. The van der Waals surface area contributed by atoms with Crippen LogP contribution in [0, 0.1) is 6.92 Å². The van der Waals surface area contributed by atoms with Gasteiger partial charge in [-0.1, -0.05) is 0 Å². The van der Waals surface area contributed by atoms with Crippen LogP contribution in [0.2, 0.25) is 0 Å². The molecule has 1 heterocycles. The molecule has 0 amide bonds. The topological polar surface area (TPSA) is 29.3 Å². The molecule has 2 nitrogen and oxygen atoms in total. The SMILES string of the molecule is Cc1ccsc1C(C)N(C)CCCN. The molecule has 0 bridgehead atoms. The van der Waals surface area contributed by atoms with Crippen molar-refractivity contribution in [1.82, 2.24) is 4.90 Å². The highest BCUT2D eigenvalue weighted by Crippen LogP contribution is 2.27. The molecule has 0 saturated heterocycles. The van der Waals surface area contributed by atoms with E-state index < -0.39 is 0 Å². The zero-order valence-corrected chi connectivity index (χ0v) is 10.1. The molecule has 1 aromatic rings. The van der Waals surface area contributed by atoms with Crippen LogP contribution >= 0.6 is 11.3 Å². The molecular weight excluding hydrogens is 192 g/mol. The lowest BCUT2D eigenvalue weighted by Gasteiger charge is -2.24. The van der Waals surface area contributed by atoms with E-state index >= 15 is 0 Å². The molecule has 80 valence electrons. The summed E-state index contributed by atoms with van der Waals surface area (Å²) in [6.45, 7) is 6.30. The van der Waals surface area contributed by atoms with Crippen LogP contribution in [0.25, 0.3) is 0 Å². The van der Waals surface area contributed by atoms with Gasteiger partial charge in [0.2, 0.25) is 0 Å². The fraction of sp³-hybridized carbons (Fsp3) is 0.636. The van der Waals surface area contributed by atoms with Crippen molar-refractivity contribution in [3.63, 3.8) is 0 Å². The molecule has 0 fully saturated rings. The summed E-state index contributed by atoms with van der Waals surface area (Å²) in [5, 5.41) is 2.16. The maximum Gasteiger partial charge on any atom is 0.0412 e. The molecule has 1 unspecified atom stereocenters. The van der Waals surface area contributed by atoms with Crippen LogP contribution in [-0.2, 0) is 0 Å². The summed E-state index contributed by atoms with van der Waals surface area (Å²) in [6, 6.07) is 2.70. The summed E-state index contributed by atoms with van der Waals surface area (Å²) in [5.74, 6) is 0. The average molecular weight is 212 g/mol. The number of rotatable bonds is 5. The van der Waals surface area contributed by atoms with E-state index in [-0.39, 0.29) is 0 Å². The van der Waals surface area contributed by atoms with E-state index in [0.29, 0.717) is 6.04 Å². The highest BCUT2D eigenvalue weighted by atomic mass is 32.1. The molecule has 3 heteroatoms. The Balaban J connectivity index is 2.56. The molecule has 0 radical (unpaired) electrons. The van der Waals surface area contributed by atoms with Gasteiger partial charge in [-0.2, -0.15) is 0 Å². The first-order valence-electron chi connectivity index (χ1n) is 5.11. The average Bonchev–Trinajstić information content (AvgIpc) is 2.59. The molecular formula is C11H20N2S. The van der Waals surface area contributed by atoms with Crippen LogP contribution in [0.3, 0.4) is 0 Å². The van der Waals surface area contributed by atoms with Gasteiger partial charge in [-0.25, -0.2) is 0 Å². The van der Waals surface area contributed by atoms with Gasteiger partial charge in [0.1, 0.15) is 0 Å². The Labute approximate surface area is 90.7 Å². The molecule has 0 aliphatic carbocycles. The van der Waals surface area contributed by atoms with Crippen LogP contribution in [0.1, 0.15) is 29.8 Å². The Morgan fingerprint density at radius 3 is 2.79 bits per heavy atom. The third-order valence-corrected chi connectivity index (χ3v) is 3.85. The fourth-order valence-corrected chi connectivity index (χ4v) is 2.60. The molecule has 14 heavy (non-hydrogen) atoms. The predicted molar refractivity (Wildman–Crippen MR) is 63.8 cm³/mol. The highest BCUT2D eigenvalue weighted by molar-refractivity contribution is 7.10. The van der Waals surface area contributed by atoms with E-state index in [1.807, 2.05) is 11.3 Å². The van der Waals surface area contributed by atoms with Crippen molar-refractivity contribution < 1.29 is 0 Å². The molecule has 0 aliphatic heterocycles. The van der Waals surface area contributed by atoms with E-state index in [2.05, 4.69) is 37.2 Å². The predicted octanol–water partition coefficient (Wildman–Crippen LogP) is 2.40. The summed E-state index contributed by atoms with van der Waals surface area (Å²) in [5.41, 5.74) is 6.91. The van der Waals surface area contributed by atoms with Crippen molar-refractivity contribution in [1.29, 1.82) is 0 Å². The second kappa shape index (κ2) is 5.49. The summed E-state index contributed by atoms with van der Waals surface area (Å²) >= 11 is 1.85. The zero-order chi connectivity index (χ0) is 10.6. The minimum atomic E-state index is 0.515. The number of nitrogens with two attached hydrogens (primary N) is 1. The number of hydrogen-bond acceptors (Lipinski definition) is 3. The fourth-order valence-electron chi connectivity index (χ4n) is 1.55. The van der Waals surface area contributed by atoms with E-state index in [0.717, 1.165) is 19.5 Å². The van der Waals surface area contributed by atoms with Gasteiger partial charge in [-0.05, 0) is 57.4 Å². The first-order valence-corrected chi connectivity index (χ1v) is 5.99. The van der Waals surface area contributed by atoms with Crippen LogP contribution < -0.4 is 5.73 Å². The minimum Gasteiger partial charge on any atom is -0.330 e. The molecule has 1 atom stereocenters. The van der Waals surface area contributed by atoms with Gasteiger partial charge in [0, 0.05) is 10.9 Å². The zero-order valence-electron chi connectivity index (χ0n) is 9.29. The maximum atomic E-state index is 5.50. The van der Waals surface area contributed by atoms with Crippen LogP contribution in [-0.4, -0.2) is 25.0 Å². The van der Waals surface area contributed by atoms with E-state index in [1.54, 1.807) is 0 Å². The van der Waals surface area contributed by atoms with Gasteiger partial charge in [0.05, 0.1) is 0 Å². The molecule has 0 aromatic carbocycles. The summed E-state index contributed by atoms with van der Waals surface area (Å²) in [6.07, 6.45) is 1.07. The molecule has 1 aromatic heterocycles. The second-order valence-corrected chi connectivity index (χ2v) is 4.71. The van der Waals surface area contributed by atoms with Crippen molar-refractivity contribution in [2.24, 2.45) is 5.73 Å². The maximum absolute atomic E-state index is 5.50. The minimum absolute atomic E-state index is 0.515. The van der Waals surface area contributed by atoms with Gasteiger partial charge in [-0.15, -0.1) is 11.3 Å². The monoisotopic (exact) mass is 212 g/mol. The number of nitrogens with zero attached hydrogens (tertiary/aromatic N) is 1. The lowest BCUT2D eigenvalue weighted by molar-refractivity contribution is 0.262. The Kier molecular flexibility index (Phi) is 4.58. The van der Waals surface area contributed by atoms with Gasteiger partial charge >= 0.3 is 0 Å². The van der Waals surface area contributed by atoms with Crippen molar-refractivity contribution in [2.75, 3.05) is 20.1 Å². The first kappa shape index (κ1) is 11.7. The van der Waals surface area contributed by atoms with Gasteiger partial charge in [-0.3, -0.25) is 4.90 Å². The number of hydrogen-bond donors (Lipinski definition) is 1. The molecule has 0 aliphatic rings. The smallest absolute Gasteiger partial charge is 0.0412 e. The summed E-state index contributed by atoms with van der Waals surface area (Å²) in [4.78, 5) is 3.84. The van der Waals surface area contributed by atoms with Gasteiger partial charge in [0.15, 0.2) is 0 Å². The van der Waals surface area contributed by atoms with Crippen molar-refractivity contribution in [2.45, 2.75) is 26.3 Å². The Hall–Kier alpha value is -0.380. The van der Waals surface area contributed by atoms with Crippen molar-refractivity contribution in [3.8, 4) is 0 Å². The summed E-state index contributed by atoms with van der Waals surface area (Å²) in [7, 11) is 2.17. The van der Waals surface area contributed by atoms with Crippen LogP contribution in [0.5, 0.6) is 0 Å². The van der Waals surface area contributed by atoms with Crippen LogP contribution in [0.4, 0.5) is 0 Å².